The van der Waals surface area contributed by atoms with E-state index in [0.717, 1.165) is 17.7 Å². The molecule has 1 unspecified atom stereocenters. The predicted octanol–water partition coefficient (Wildman–Crippen LogP) is 2.10. The minimum absolute atomic E-state index is 0.0222. The van der Waals surface area contributed by atoms with E-state index >= 15 is 0 Å². The van der Waals surface area contributed by atoms with Crippen molar-refractivity contribution in [2.75, 3.05) is 19.7 Å². The third-order valence-electron chi connectivity index (χ3n) is 3.92. The number of benzene rings is 1. The molecular weight excluding hydrogens is 306 g/mol. The molecule has 1 aliphatic heterocycles. The molecule has 0 saturated carbocycles. The Kier molecular flexibility index (Phi) is 5.25. The monoisotopic (exact) mass is 327 g/mol. The van der Waals surface area contributed by atoms with Gasteiger partial charge < -0.3 is 14.4 Å². The molecule has 0 spiro atoms. The zero-order valence-corrected chi connectivity index (χ0v) is 13.7. The maximum Gasteiger partial charge on any atom is 0.233 e. The van der Waals surface area contributed by atoms with E-state index in [4.69, 9.17) is 9.47 Å². The summed E-state index contributed by atoms with van der Waals surface area (Å²) in [7, 11) is 0. The van der Waals surface area contributed by atoms with Gasteiger partial charge in [-0.15, -0.1) is 5.10 Å². The molecule has 0 N–H and O–H groups in total. The molecule has 1 aliphatic rings. The number of hydrogen-bond donors (Lipinski definition) is 0. The highest BCUT2D eigenvalue weighted by atomic mass is 16.5. The number of carbonyl (C=O) groups excluding carboxylic acids is 1. The molecule has 2 heterocycles. The van der Waals surface area contributed by atoms with Crippen molar-refractivity contribution in [3.63, 3.8) is 0 Å². The fourth-order valence-corrected chi connectivity index (χ4v) is 2.73. The van der Waals surface area contributed by atoms with Crippen LogP contribution in [0.4, 0.5) is 0 Å². The number of ether oxygens (including phenoxy) is 2. The molecule has 1 saturated heterocycles. The lowest BCUT2D eigenvalue weighted by Crippen LogP contribution is -2.32. The third-order valence-corrected chi connectivity index (χ3v) is 3.92. The zero-order valence-electron chi connectivity index (χ0n) is 13.7. The molecule has 0 aliphatic carbocycles. The SMILES string of the molecule is CCOc1ccc(CC(=O)N2CCC(Oc3cccnn3)C2)cc1. The maximum atomic E-state index is 12.4. The first-order chi connectivity index (χ1) is 11.7. The van der Waals surface area contributed by atoms with Crippen LogP contribution in [0.2, 0.25) is 0 Å². The van der Waals surface area contributed by atoms with Gasteiger partial charge >= 0.3 is 0 Å². The first-order valence-corrected chi connectivity index (χ1v) is 8.18. The van der Waals surface area contributed by atoms with Crippen molar-refractivity contribution < 1.29 is 14.3 Å². The van der Waals surface area contributed by atoms with Crippen LogP contribution in [-0.2, 0) is 11.2 Å². The van der Waals surface area contributed by atoms with Crippen LogP contribution in [-0.4, -0.2) is 46.8 Å². The van der Waals surface area contributed by atoms with Gasteiger partial charge in [0.1, 0.15) is 11.9 Å². The van der Waals surface area contributed by atoms with E-state index in [-0.39, 0.29) is 12.0 Å². The van der Waals surface area contributed by atoms with E-state index in [1.807, 2.05) is 36.1 Å². The Balaban J connectivity index is 1.51. The molecule has 2 aromatic rings. The van der Waals surface area contributed by atoms with Crippen LogP contribution in [0.1, 0.15) is 18.9 Å². The van der Waals surface area contributed by atoms with E-state index in [1.54, 1.807) is 18.3 Å². The van der Waals surface area contributed by atoms with Crippen LogP contribution in [0.3, 0.4) is 0 Å². The minimum atomic E-state index is -0.0222. The number of aromatic nitrogens is 2. The molecule has 1 amide bonds. The van der Waals surface area contributed by atoms with Gasteiger partial charge in [0.2, 0.25) is 11.8 Å². The molecule has 1 aromatic heterocycles. The average Bonchev–Trinajstić information content (AvgIpc) is 3.06. The average molecular weight is 327 g/mol. The molecule has 1 fully saturated rings. The molecular formula is C18H21N3O3. The van der Waals surface area contributed by atoms with Crippen molar-refractivity contribution in [3.8, 4) is 11.6 Å². The van der Waals surface area contributed by atoms with Crippen LogP contribution in [0.5, 0.6) is 11.6 Å². The van der Waals surface area contributed by atoms with Gasteiger partial charge in [-0.25, -0.2) is 0 Å². The second-order valence-electron chi connectivity index (χ2n) is 5.68. The molecule has 6 heteroatoms. The summed E-state index contributed by atoms with van der Waals surface area (Å²) in [6.07, 6.45) is 2.79. The molecule has 126 valence electrons. The lowest BCUT2D eigenvalue weighted by molar-refractivity contribution is -0.129. The second-order valence-corrected chi connectivity index (χ2v) is 5.68. The van der Waals surface area contributed by atoms with Crippen molar-refractivity contribution in [1.82, 2.24) is 15.1 Å². The van der Waals surface area contributed by atoms with Crippen molar-refractivity contribution in [2.24, 2.45) is 0 Å². The second kappa shape index (κ2) is 7.77. The lowest BCUT2D eigenvalue weighted by atomic mass is 10.1. The number of rotatable bonds is 6. The normalized spacial score (nSPS) is 16.9. The Morgan fingerprint density at radius 2 is 2.12 bits per heavy atom. The highest BCUT2D eigenvalue weighted by molar-refractivity contribution is 5.79. The van der Waals surface area contributed by atoms with Crippen molar-refractivity contribution in [3.05, 3.63) is 48.2 Å². The van der Waals surface area contributed by atoms with E-state index in [0.29, 0.717) is 32.0 Å². The summed E-state index contributed by atoms with van der Waals surface area (Å²) in [6.45, 7) is 3.89. The van der Waals surface area contributed by atoms with Gasteiger partial charge in [-0.3, -0.25) is 4.79 Å². The molecule has 3 rings (SSSR count). The topological polar surface area (TPSA) is 64.5 Å². The summed E-state index contributed by atoms with van der Waals surface area (Å²) in [5, 5.41) is 7.71. The smallest absolute Gasteiger partial charge is 0.233 e. The van der Waals surface area contributed by atoms with Crippen LogP contribution < -0.4 is 9.47 Å². The summed E-state index contributed by atoms with van der Waals surface area (Å²) in [6, 6.07) is 11.2. The van der Waals surface area contributed by atoms with Crippen LogP contribution >= 0.6 is 0 Å². The predicted molar refractivity (Wildman–Crippen MR) is 89.0 cm³/mol. The number of carbonyl (C=O) groups is 1. The third kappa shape index (κ3) is 4.22. The first kappa shape index (κ1) is 16.2. The summed E-state index contributed by atoms with van der Waals surface area (Å²) < 4.78 is 11.2. The number of likely N-dealkylation sites (tertiary alicyclic amines) is 1. The highest BCUT2D eigenvalue weighted by Gasteiger charge is 2.27. The summed E-state index contributed by atoms with van der Waals surface area (Å²) in [5.41, 5.74) is 0.988. The lowest BCUT2D eigenvalue weighted by Gasteiger charge is -2.17. The first-order valence-electron chi connectivity index (χ1n) is 8.18. The Labute approximate surface area is 141 Å². The van der Waals surface area contributed by atoms with Gasteiger partial charge in [-0.05, 0) is 30.7 Å². The van der Waals surface area contributed by atoms with Crippen molar-refractivity contribution in [1.29, 1.82) is 0 Å². The largest absolute Gasteiger partial charge is 0.494 e. The molecule has 1 aromatic carbocycles. The minimum Gasteiger partial charge on any atom is -0.494 e. The molecule has 24 heavy (non-hydrogen) atoms. The highest BCUT2D eigenvalue weighted by Crippen LogP contribution is 2.18. The van der Waals surface area contributed by atoms with Gasteiger partial charge in [-0.2, -0.15) is 5.10 Å². The fourth-order valence-electron chi connectivity index (χ4n) is 2.73. The van der Waals surface area contributed by atoms with Gasteiger partial charge in [-0.1, -0.05) is 12.1 Å². The fraction of sp³-hybridized carbons (Fsp3) is 0.389. The zero-order chi connectivity index (χ0) is 16.8. The summed E-state index contributed by atoms with van der Waals surface area (Å²) in [4.78, 5) is 14.3. The van der Waals surface area contributed by atoms with Crippen LogP contribution in [0, 0.1) is 0 Å². The van der Waals surface area contributed by atoms with Crippen LogP contribution in [0.15, 0.2) is 42.6 Å². The Morgan fingerprint density at radius 1 is 1.29 bits per heavy atom. The van der Waals surface area contributed by atoms with E-state index in [9.17, 15) is 4.79 Å². The molecule has 6 nitrogen and oxygen atoms in total. The molecule has 1 atom stereocenters. The maximum absolute atomic E-state index is 12.4. The van der Waals surface area contributed by atoms with Gasteiger partial charge in [0.05, 0.1) is 19.6 Å². The van der Waals surface area contributed by atoms with Crippen molar-refractivity contribution in [2.45, 2.75) is 25.9 Å². The Hall–Kier alpha value is -2.63. The standard InChI is InChI=1S/C18H21N3O3/c1-2-23-15-7-5-14(6-8-15)12-18(22)21-11-9-16(13-21)24-17-4-3-10-19-20-17/h3-8,10,16H,2,9,11-13H2,1H3. The van der Waals surface area contributed by atoms with Crippen molar-refractivity contribution >= 4 is 5.91 Å². The Bertz CT molecular complexity index is 661. The quantitative estimate of drug-likeness (QED) is 0.813. The molecule has 0 bridgehead atoms. The number of nitrogens with zero attached hydrogens (tertiary/aromatic N) is 3. The number of hydrogen-bond acceptors (Lipinski definition) is 5. The van der Waals surface area contributed by atoms with Gasteiger partial charge in [0.25, 0.3) is 0 Å². The van der Waals surface area contributed by atoms with Crippen LogP contribution in [0.25, 0.3) is 0 Å². The Morgan fingerprint density at radius 3 is 2.83 bits per heavy atom. The van der Waals surface area contributed by atoms with Gasteiger partial charge in [0.15, 0.2) is 0 Å². The van der Waals surface area contributed by atoms with E-state index in [1.165, 1.54) is 0 Å². The van der Waals surface area contributed by atoms with E-state index < -0.39 is 0 Å². The number of amides is 1. The van der Waals surface area contributed by atoms with Gasteiger partial charge in [0, 0.05) is 25.2 Å². The summed E-state index contributed by atoms with van der Waals surface area (Å²) in [5.74, 6) is 1.44. The summed E-state index contributed by atoms with van der Waals surface area (Å²) >= 11 is 0. The van der Waals surface area contributed by atoms with E-state index in [2.05, 4.69) is 10.2 Å². The molecule has 0 radical (unpaired) electrons.